The molecule has 16 heavy (non-hydrogen) atoms. The van der Waals surface area contributed by atoms with E-state index < -0.39 is 0 Å². The molecule has 0 spiro atoms. The van der Waals surface area contributed by atoms with E-state index in [2.05, 4.69) is 27.4 Å². The van der Waals surface area contributed by atoms with Crippen LogP contribution in [0.2, 0.25) is 0 Å². The van der Waals surface area contributed by atoms with E-state index in [0.717, 1.165) is 5.56 Å². The summed E-state index contributed by atoms with van der Waals surface area (Å²) in [7, 11) is 0. The van der Waals surface area contributed by atoms with Gasteiger partial charge >= 0.3 is 0 Å². The zero-order valence-electron chi connectivity index (χ0n) is 9.34. The van der Waals surface area contributed by atoms with E-state index >= 15 is 0 Å². The van der Waals surface area contributed by atoms with Crippen molar-refractivity contribution in [2.45, 2.75) is 26.4 Å². The second-order valence-corrected chi connectivity index (χ2v) is 3.62. The van der Waals surface area contributed by atoms with Crippen LogP contribution in [-0.2, 0) is 6.54 Å². The average molecular weight is 218 g/mol. The van der Waals surface area contributed by atoms with Crippen molar-refractivity contribution in [3.8, 4) is 0 Å². The maximum Gasteiger partial charge on any atom is 0.223 e. The van der Waals surface area contributed by atoms with Crippen molar-refractivity contribution in [3.05, 3.63) is 41.8 Å². The molecule has 0 amide bonds. The topological polar surface area (TPSA) is 63.8 Å². The highest BCUT2D eigenvalue weighted by Crippen LogP contribution is 2.10. The first-order valence-corrected chi connectivity index (χ1v) is 5.18. The van der Waals surface area contributed by atoms with Gasteiger partial charge in [0, 0.05) is 25.4 Å². The number of aromatic nitrogens is 3. The monoisotopic (exact) mass is 218 g/mol. The molecule has 2 aromatic rings. The molecule has 2 rings (SSSR count). The van der Waals surface area contributed by atoms with Gasteiger partial charge < -0.3 is 9.84 Å². The summed E-state index contributed by atoms with van der Waals surface area (Å²) in [5.41, 5.74) is 1.14. The van der Waals surface area contributed by atoms with Gasteiger partial charge in [-0.1, -0.05) is 11.2 Å². The lowest BCUT2D eigenvalue weighted by Crippen LogP contribution is -2.18. The van der Waals surface area contributed by atoms with Gasteiger partial charge in [-0.2, -0.15) is 4.98 Å². The van der Waals surface area contributed by atoms with Crippen LogP contribution in [0.3, 0.4) is 0 Å². The van der Waals surface area contributed by atoms with Crippen LogP contribution < -0.4 is 5.32 Å². The maximum absolute atomic E-state index is 4.89. The highest BCUT2D eigenvalue weighted by molar-refractivity contribution is 5.12. The van der Waals surface area contributed by atoms with Crippen LogP contribution in [-0.4, -0.2) is 15.1 Å². The number of nitrogens with one attached hydrogen (secondary N) is 1. The third-order valence-electron chi connectivity index (χ3n) is 2.32. The number of rotatable bonds is 4. The molecule has 0 saturated heterocycles. The summed E-state index contributed by atoms with van der Waals surface area (Å²) in [5.74, 6) is 1.26. The molecule has 0 aliphatic heterocycles. The molecule has 0 aliphatic carbocycles. The van der Waals surface area contributed by atoms with Crippen molar-refractivity contribution in [2.24, 2.45) is 0 Å². The number of nitrogens with zero attached hydrogens (tertiary/aromatic N) is 3. The summed E-state index contributed by atoms with van der Waals surface area (Å²) in [4.78, 5) is 8.20. The van der Waals surface area contributed by atoms with E-state index in [-0.39, 0.29) is 6.04 Å². The molecule has 1 N–H and O–H groups in total. The van der Waals surface area contributed by atoms with Crippen molar-refractivity contribution >= 4 is 0 Å². The molecule has 0 bridgehead atoms. The minimum Gasteiger partial charge on any atom is -0.340 e. The molecule has 0 fully saturated rings. The summed E-state index contributed by atoms with van der Waals surface area (Å²) < 4.78 is 4.89. The van der Waals surface area contributed by atoms with Crippen LogP contribution in [0.4, 0.5) is 0 Å². The van der Waals surface area contributed by atoms with Crippen LogP contribution in [0.5, 0.6) is 0 Å². The Balaban J connectivity index is 1.91. The Labute approximate surface area is 93.9 Å². The molecule has 2 heterocycles. The Morgan fingerprint density at radius 1 is 1.50 bits per heavy atom. The molecule has 1 atom stereocenters. The van der Waals surface area contributed by atoms with Gasteiger partial charge in [0.2, 0.25) is 5.89 Å². The molecule has 0 aliphatic rings. The van der Waals surface area contributed by atoms with Crippen molar-refractivity contribution in [3.63, 3.8) is 0 Å². The molecule has 0 saturated carbocycles. The first-order valence-electron chi connectivity index (χ1n) is 5.18. The average Bonchev–Trinajstić information content (AvgIpc) is 2.73. The van der Waals surface area contributed by atoms with E-state index in [1.807, 2.05) is 18.3 Å². The predicted molar refractivity (Wildman–Crippen MR) is 58.5 cm³/mol. The van der Waals surface area contributed by atoms with Gasteiger partial charge in [-0.25, -0.2) is 0 Å². The fourth-order valence-corrected chi connectivity index (χ4v) is 1.41. The molecule has 0 aromatic carbocycles. The van der Waals surface area contributed by atoms with Gasteiger partial charge in [0.15, 0.2) is 5.82 Å². The van der Waals surface area contributed by atoms with Crippen molar-refractivity contribution < 1.29 is 4.52 Å². The van der Waals surface area contributed by atoms with Crippen LogP contribution in [0, 0.1) is 6.92 Å². The van der Waals surface area contributed by atoms with Gasteiger partial charge in [-0.05, 0) is 18.6 Å². The first kappa shape index (κ1) is 10.8. The Morgan fingerprint density at radius 2 is 2.38 bits per heavy atom. The van der Waals surface area contributed by atoms with E-state index in [9.17, 15) is 0 Å². The Bertz CT molecular complexity index is 440. The summed E-state index contributed by atoms with van der Waals surface area (Å²) in [6.07, 6.45) is 3.61. The molecule has 1 unspecified atom stereocenters. The highest BCUT2D eigenvalue weighted by Gasteiger charge is 2.07. The van der Waals surface area contributed by atoms with Gasteiger partial charge in [-0.15, -0.1) is 0 Å². The van der Waals surface area contributed by atoms with Gasteiger partial charge in [-0.3, -0.25) is 4.98 Å². The van der Waals surface area contributed by atoms with Crippen molar-refractivity contribution in [1.82, 2.24) is 20.4 Å². The third kappa shape index (κ3) is 2.64. The zero-order chi connectivity index (χ0) is 11.4. The normalized spacial score (nSPS) is 12.6. The van der Waals surface area contributed by atoms with E-state index in [0.29, 0.717) is 18.3 Å². The summed E-state index contributed by atoms with van der Waals surface area (Å²) in [6, 6.07) is 4.17. The fourth-order valence-electron chi connectivity index (χ4n) is 1.41. The summed E-state index contributed by atoms with van der Waals surface area (Å²) in [5, 5.41) is 7.12. The number of pyridine rings is 1. The lowest BCUT2D eigenvalue weighted by molar-refractivity contribution is 0.384. The van der Waals surface area contributed by atoms with Gasteiger partial charge in [0.25, 0.3) is 0 Å². The molecule has 2 aromatic heterocycles. The molecule has 84 valence electrons. The molecule has 0 radical (unpaired) electrons. The highest BCUT2D eigenvalue weighted by atomic mass is 16.5. The third-order valence-corrected chi connectivity index (χ3v) is 2.32. The lowest BCUT2D eigenvalue weighted by Gasteiger charge is -2.11. The Morgan fingerprint density at radius 3 is 3.00 bits per heavy atom. The molecule has 5 nitrogen and oxygen atoms in total. The Kier molecular flexibility index (Phi) is 3.26. The summed E-state index contributed by atoms with van der Waals surface area (Å²) in [6.45, 7) is 4.44. The molecular weight excluding hydrogens is 204 g/mol. The van der Waals surface area contributed by atoms with Crippen LogP contribution >= 0.6 is 0 Å². The second kappa shape index (κ2) is 4.85. The number of hydrogen-bond acceptors (Lipinski definition) is 5. The van der Waals surface area contributed by atoms with Crippen LogP contribution in [0.1, 0.15) is 30.2 Å². The fraction of sp³-hybridized carbons (Fsp3) is 0.364. The minimum absolute atomic E-state index is 0.215. The zero-order valence-corrected chi connectivity index (χ0v) is 9.34. The minimum atomic E-state index is 0.215. The summed E-state index contributed by atoms with van der Waals surface area (Å²) >= 11 is 0. The predicted octanol–water partition coefficient (Wildman–Crippen LogP) is 1.62. The first-order chi connectivity index (χ1) is 7.75. The van der Waals surface area contributed by atoms with Crippen LogP contribution in [0.15, 0.2) is 29.0 Å². The molecular formula is C11H14N4O. The smallest absolute Gasteiger partial charge is 0.223 e. The van der Waals surface area contributed by atoms with E-state index in [1.54, 1.807) is 13.1 Å². The maximum atomic E-state index is 4.89. The molecule has 5 heteroatoms. The van der Waals surface area contributed by atoms with Crippen LogP contribution in [0.25, 0.3) is 0 Å². The van der Waals surface area contributed by atoms with E-state index in [4.69, 9.17) is 4.52 Å². The number of hydrogen-bond donors (Lipinski definition) is 1. The van der Waals surface area contributed by atoms with Gasteiger partial charge in [0.1, 0.15) is 0 Å². The quantitative estimate of drug-likeness (QED) is 0.844. The van der Waals surface area contributed by atoms with Crippen molar-refractivity contribution in [1.29, 1.82) is 0 Å². The number of aryl methyl sites for hydroxylation is 1. The van der Waals surface area contributed by atoms with Crippen molar-refractivity contribution in [2.75, 3.05) is 0 Å². The SMILES string of the molecule is Cc1nc(CNC(C)c2cccnc2)no1. The Hall–Kier alpha value is -1.75. The standard InChI is InChI=1S/C11H14N4O/c1-8(10-4-3-5-12-6-10)13-7-11-14-9(2)16-15-11/h3-6,8,13H,7H2,1-2H3. The van der Waals surface area contributed by atoms with Gasteiger partial charge in [0.05, 0.1) is 6.54 Å². The van der Waals surface area contributed by atoms with E-state index in [1.165, 1.54) is 0 Å². The second-order valence-electron chi connectivity index (χ2n) is 3.62. The lowest BCUT2D eigenvalue weighted by atomic mass is 10.1. The largest absolute Gasteiger partial charge is 0.340 e.